The summed E-state index contributed by atoms with van der Waals surface area (Å²) >= 11 is 0. The summed E-state index contributed by atoms with van der Waals surface area (Å²) in [6.07, 6.45) is -6.84. The molecule has 12 heteroatoms. The third-order valence-corrected chi connectivity index (χ3v) is 8.07. The lowest BCUT2D eigenvalue weighted by Crippen LogP contribution is -2.60. The highest BCUT2D eigenvalue weighted by atomic mass is 16.7. The van der Waals surface area contributed by atoms with Crippen molar-refractivity contribution >= 4 is 6.08 Å². The van der Waals surface area contributed by atoms with Crippen molar-refractivity contribution in [2.45, 2.75) is 55.8 Å². The monoisotopic (exact) mass is 626 g/mol. The molecular formula is C33H38O12. The van der Waals surface area contributed by atoms with E-state index in [-0.39, 0.29) is 24.5 Å². The maximum Gasteiger partial charge on any atom is 0.187 e. The first-order chi connectivity index (χ1) is 21.7. The van der Waals surface area contributed by atoms with Crippen molar-refractivity contribution in [2.75, 3.05) is 27.4 Å². The van der Waals surface area contributed by atoms with Crippen LogP contribution >= 0.6 is 0 Å². The van der Waals surface area contributed by atoms with Crippen LogP contribution in [0.1, 0.15) is 33.9 Å². The summed E-state index contributed by atoms with van der Waals surface area (Å²) < 4.78 is 29.2. The van der Waals surface area contributed by atoms with Gasteiger partial charge in [-0.05, 0) is 35.4 Å². The van der Waals surface area contributed by atoms with Crippen LogP contribution in [-0.4, -0.2) is 100.0 Å². The molecular weight excluding hydrogens is 588 g/mol. The molecule has 1 saturated heterocycles. The van der Waals surface area contributed by atoms with E-state index >= 15 is 0 Å². The molecule has 7 unspecified atom stereocenters. The fourth-order valence-corrected chi connectivity index (χ4v) is 5.73. The number of phenolic OH excluding ortho intramolecular Hbond substituents is 1. The van der Waals surface area contributed by atoms with E-state index in [1.54, 1.807) is 30.4 Å². The fraction of sp³-hybridized carbons (Fsp3) is 0.394. The highest BCUT2D eigenvalue weighted by molar-refractivity contribution is 5.69. The SMILES string of the molecule is COc1cc(CC(OC2OC(CO)C(O)C(O)C2O)C(O)c2c(OC)cc(C=CCO)c3c2Cc2ccccc2O3)ccc1O. The van der Waals surface area contributed by atoms with Gasteiger partial charge in [-0.2, -0.15) is 0 Å². The zero-order chi connectivity index (χ0) is 32.2. The molecule has 5 rings (SSSR count). The van der Waals surface area contributed by atoms with Crippen LogP contribution in [0.3, 0.4) is 0 Å². The van der Waals surface area contributed by atoms with E-state index in [1.165, 1.54) is 20.3 Å². The molecule has 3 aromatic carbocycles. The second-order valence-corrected chi connectivity index (χ2v) is 10.9. The van der Waals surface area contributed by atoms with Gasteiger partial charge >= 0.3 is 0 Å². The number of aromatic hydroxyl groups is 1. The molecule has 2 heterocycles. The minimum absolute atomic E-state index is 0.00559. The maximum atomic E-state index is 12.2. The minimum atomic E-state index is -1.72. The largest absolute Gasteiger partial charge is 0.504 e. The quantitative estimate of drug-likeness (QED) is 0.128. The Morgan fingerprint density at radius 3 is 2.42 bits per heavy atom. The Labute approximate surface area is 259 Å². The van der Waals surface area contributed by atoms with Crippen molar-refractivity contribution in [1.82, 2.24) is 0 Å². The second kappa shape index (κ2) is 14.1. The van der Waals surface area contributed by atoms with E-state index in [1.807, 2.05) is 24.3 Å². The first kappa shape index (κ1) is 32.7. The summed E-state index contributed by atoms with van der Waals surface area (Å²) in [5.74, 6) is 1.48. The Kier molecular flexibility index (Phi) is 10.3. The molecule has 0 aliphatic carbocycles. The number of hydrogen-bond acceptors (Lipinski definition) is 12. The van der Waals surface area contributed by atoms with Crippen molar-refractivity contribution in [3.63, 3.8) is 0 Å². The standard InChI is InChI=1S/C33H38O12/c1-41-23-12-17(9-10-21(23)36)13-25(44-33-31(40)30(39)29(38)26(16-35)45-33)28(37)27-20-14-18-6-3-4-8-22(18)43-32(20)19(7-5-11-34)15-24(27)42-2/h3-10,12,15,25-26,28-31,33-40H,11,13-14,16H2,1-2H3. The van der Waals surface area contributed by atoms with Gasteiger partial charge in [-0.1, -0.05) is 36.4 Å². The number of rotatable bonds is 11. The van der Waals surface area contributed by atoms with E-state index < -0.39 is 49.5 Å². The molecule has 45 heavy (non-hydrogen) atoms. The fourth-order valence-electron chi connectivity index (χ4n) is 5.73. The summed E-state index contributed by atoms with van der Waals surface area (Å²) in [6, 6.07) is 13.8. The third kappa shape index (κ3) is 6.64. The van der Waals surface area contributed by atoms with Crippen molar-refractivity contribution < 1.29 is 59.4 Å². The van der Waals surface area contributed by atoms with E-state index in [9.17, 15) is 35.7 Å². The Bertz CT molecular complexity index is 1510. The number of aliphatic hydroxyl groups excluding tert-OH is 6. The molecule has 0 amide bonds. The van der Waals surface area contributed by atoms with Crippen LogP contribution in [0.15, 0.2) is 54.6 Å². The highest BCUT2D eigenvalue weighted by Crippen LogP contribution is 2.47. The Morgan fingerprint density at radius 1 is 0.956 bits per heavy atom. The van der Waals surface area contributed by atoms with Crippen LogP contribution in [0, 0.1) is 0 Å². The molecule has 3 aromatic rings. The average molecular weight is 627 g/mol. The van der Waals surface area contributed by atoms with Crippen molar-refractivity contribution in [2.24, 2.45) is 0 Å². The van der Waals surface area contributed by atoms with Gasteiger partial charge in [0.25, 0.3) is 0 Å². The highest BCUT2D eigenvalue weighted by Gasteiger charge is 2.46. The molecule has 2 aliphatic rings. The van der Waals surface area contributed by atoms with Gasteiger partial charge in [0.15, 0.2) is 17.8 Å². The first-order valence-corrected chi connectivity index (χ1v) is 14.5. The van der Waals surface area contributed by atoms with E-state index in [0.717, 1.165) is 5.56 Å². The van der Waals surface area contributed by atoms with Gasteiger partial charge in [0.05, 0.1) is 33.5 Å². The third-order valence-electron chi connectivity index (χ3n) is 8.07. The van der Waals surface area contributed by atoms with Crippen LogP contribution in [0.5, 0.6) is 28.7 Å². The molecule has 0 aromatic heterocycles. The molecule has 0 spiro atoms. The van der Waals surface area contributed by atoms with Gasteiger partial charge in [-0.15, -0.1) is 0 Å². The predicted octanol–water partition coefficient (Wildman–Crippen LogP) is 1.57. The number of ether oxygens (including phenoxy) is 5. The Morgan fingerprint density at radius 2 is 1.71 bits per heavy atom. The minimum Gasteiger partial charge on any atom is -0.504 e. The summed E-state index contributed by atoms with van der Waals surface area (Å²) in [5, 5.41) is 73.0. The predicted molar refractivity (Wildman–Crippen MR) is 160 cm³/mol. The van der Waals surface area contributed by atoms with Crippen LogP contribution in [0.2, 0.25) is 0 Å². The van der Waals surface area contributed by atoms with Crippen LogP contribution in [0.4, 0.5) is 0 Å². The summed E-state index contributed by atoms with van der Waals surface area (Å²) in [5.41, 5.74) is 2.98. The lowest BCUT2D eigenvalue weighted by molar-refractivity contribution is -0.317. The van der Waals surface area contributed by atoms with Gasteiger partial charge in [0.2, 0.25) is 0 Å². The molecule has 12 nitrogen and oxygen atoms in total. The maximum absolute atomic E-state index is 12.2. The number of para-hydroxylation sites is 1. The number of fused-ring (bicyclic) bond motifs is 2. The molecule has 7 atom stereocenters. The number of methoxy groups -OCH3 is 2. The van der Waals surface area contributed by atoms with Crippen LogP contribution in [-0.2, 0) is 22.3 Å². The van der Waals surface area contributed by atoms with E-state index in [0.29, 0.717) is 45.9 Å². The summed E-state index contributed by atoms with van der Waals surface area (Å²) in [6.45, 7) is -0.864. The average Bonchev–Trinajstić information content (AvgIpc) is 3.06. The molecule has 0 saturated carbocycles. The Hall–Kier alpha value is -3.72. The van der Waals surface area contributed by atoms with Crippen LogP contribution in [0.25, 0.3) is 6.08 Å². The molecule has 0 radical (unpaired) electrons. The number of aliphatic hydroxyl groups is 6. The lowest BCUT2D eigenvalue weighted by atomic mass is 9.87. The Balaban J connectivity index is 1.61. The van der Waals surface area contributed by atoms with Gasteiger partial charge in [-0.25, -0.2) is 0 Å². The van der Waals surface area contributed by atoms with Crippen molar-refractivity contribution in [3.8, 4) is 28.7 Å². The topological polar surface area (TPSA) is 188 Å². The zero-order valence-corrected chi connectivity index (χ0v) is 24.8. The van der Waals surface area contributed by atoms with Crippen molar-refractivity contribution in [1.29, 1.82) is 0 Å². The number of hydrogen-bond donors (Lipinski definition) is 7. The molecule has 7 N–H and O–H groups in total. The lowest BCUT2D eigenvalue weighted by Gasteiger charge is -2.41. The number of benzene rings is 3. The smallest absolute Gasteiger partial charge is 0.187 e. The summed E-state index contributed by atoms with van der Waals surface area (Å²) in [4.78, 5) is 0. The second-order valence-electron chi connectivity index (χ2n) is 10.9. The normalized spacial score (nSPS) is 24.0. The van der Waals surface area contributed by atoms with Crippen molar-refractivity contribution in [3.05, 3.63) is 82.4 Å². The van der Waals surface area contributed by atoms with Crippen LogP contribution < -0.4 is 14.2 Å². The van der Waals surface area contributed by atoms with E-state index in [4.69, 9.17) is 23.7 Å². The van der Waals surface area contributed by atoms with Gasteiger partial charge in [-0.3, -0.25) is 0 Å². The first-order valence-electron chi connectivity index (χ1n) is 14.5. The molecule has 1 fully saturated rings. The molecule has 242 valence electrons. The van der Waals surface area contributed by atoms with Gasteiger partial charge < -0.3 is 59.4 Å². The summed E-state index contributed by atoms with van der Waals surface area (Å²) in [7, 11) is 2.85. The van der Waals surface area contributed by atoms with Gasteiger partial charge in [0.1, 0.15) is 47.8 Å². The number of phenols is 1. The van der Waals surface area contributed by atoms with E-state index in [2.05, 4.69) is 0 Å². The molecule has 2 aliphatic heterocycles. The van der Waals surface area contributed by atoms with Gasteiger partial charge in [0, 0.05) is 29.5 Å². The zero-order valence-electron chi connectivity index (χ0n) is 24.8. The molecule has 0 bridgehead atoms.